The van der Waals surface area contributed by atoms with Crippen molar-refractivity contribution in [1.82, 2.24) is 10.2 Å². The molecule has 3 aliphatic heterocycles. The summed E-state index contributed by atoms with van der Waals surface area (Å²) >= 11 is 1.47. The highest BCUT2D eigenvalue weighted by molar-refractivity contribution is 8.16. The van der Waals surface area contributed by atoms with Gasteiger partial charge in [0.1, 0.15) is 0 Å². The number of fused-ring (bicyclic) bond motifs is 1. The number of aryl methyl sites for hydroxylation is 1. The zero-order valence-corrected chi connectivity index (χ0v) is 21.9. The molecule has 0 aromatic heterocycles. The molecule has 0 spiro atoms. The van der Waals surface area contributed by atoms with Gasteiger partial charge in [-0.1, -0.05) is 71.9 Å². The molecule has 0 unspecified atom stereocenters. The fourth-order valence-corrected chi connectivity index (χ4v) is 5.73. The topological polar surface area (TPSA) is 80.2 Å². The number of thioether (sulfide) groups is 1. The van der Waals surface area contributed by atoms with E-state index in [0.717, 1.165) is 47.0 Å². The molecule has 0 aliphatic carbocycles. The van der Waals surface area contributed by atoms with Crippen LogP contribution in [0.2, 0.25) is 0 Å². The summed E-state index contributed by atoms with van der Waals surface area (Å²) in [7, 11) is 0. The molecule has 2 aromatic rings. The van der Waals surface area contributed by atoms with Crippen molar-refractivity contribution in [2.24, 2.45) is 4.99 Å². The number of amidine groups is 1. The maximum absolute atomic E-state index is 13.5. The minimum absolute atomic E-state index is 0.0788. The summed E-state index contributed by atoms with van der Waals surface area (Å²) < 4.78 is 11.2. The molecule has 0 saturated carbocycles. The second kappa shape index (κ2) is 11.4. The Balaban J connectivity index is 1.52. The van der Waals surface area contributed by atoms with Crippen LogP contribution >= 0.6 is 11.8 Å². The van der Waals surface area contributed by atoms with Gasteiger partial charge in [0.2, 0.25) is 5.91 Å². The number of aliphatic imine (C=N–C) groups is 1. The third-order valence-corrected chi connectivity index (χ3v) is 7.53. The number of carbonyl (C=O) groups is 2. The van der Waals surface area contributed by atoms with Gasteiger partial charge in [0.25, 0.3) is 0 Å². The number of hydrogen-bond donors (Lipinski definition) is 1. The van der Waals surface area contributed by atoms with Crippen molar-refractivity contribution in [3.8, 4) is 0 Å². The number of hydrogen-bond acceptors (Lipinski definition) is 7. The Morgan fingerprint density at radius 3 is 2.65 bits per heavy atom. The van der Waals surface area contributed by atoms with Gasteiger partial charge in [-0.2, -0.15) is 0 Å². The largest absolute Gasteiger partial charge is 0.463 e. The summed E-state index contributed by atoms with van der Waals surface area (Å²) in [6.07, 6.45) is 2.25. The molecule has 3 aliphatic rings. The lowest BCUT2D eigenvalue weighted by Gasteiger charge is -2.37. The molecule has 37 heavy (non-hydrogen) atoms. The fourth-order valence-electron chi connectivity index (χ4n) is 4.81. The fraction of sp³-hybridized carbons (Fsp3) is 0.345. The smallest absolute Gasteiger partial charge is 0.338 e. The average molecular weight is 518 g/mol. The van der Waals surface area contributed by atoms with Crippen molar-refractivity contribution < 1.29 is 19.1 Å². The molecule has 1 amide bonds. The van der Waals surface area contributed by atoms with Crippen molar-refractivity contribution in [3.05, 3.63) is 88.0 Å². The van der Waals surface area contributed by atoms with Crippen LogP contribution in [0.15, 0.2) is 76.3 Å². The highest BCUT2D eigenvalue weighted by Crippen LogP contribution is 2.47. The molecule has 8 heteroatoms. The lowest BCUT2D eigenvalue weighted by Crippen LogP contribution is -2.38. The Morgan fingerprint density at radius 1 is 1.16 bits per heavy atom. The Hall–Kier alpha value is -3.36. The first-order valence-electron chi connectivity index (χ1n) is 12.7. The maximum Gasteiger partial charge on any atom is 0.338 e. The number of nitrogens with one attached hydrogen (secondary N) is 1. The number of benzene rings is 2. The third-order valence-electron chi connectivity index (χ3n) is 6.64. The summed E-state index contributed by atoms with van der Waals surface area (Å²) in [5.41, 5.74) is 4.77. The van der Waals surface area contributed by atoms with Gasteiger partial charge in [0.15, 0.2) is 5.17 Å². The SMILES string of the molecule is CCOC(=O)C1=C(c2ccccc2)N=C2SC=C(CC(=O)NC[C@H]3CCCO3)N2[C@@H]1c1ccc(C)cc1. The van der Waals surface area contributed by atoms with Crippen LogP contribution < -0.4 is 5.32 Å². The number of esters is 1. The van der Waals surface area contributed by atoms with Crippen LogP contribution in [0.5, 0.6) is 0 Å². The van der Waals surface area contributed by atoms with Gasteiger partial charge < -0.3 is 19.7 Å². The van der Waals surface area contributed by atoms with Gasteiger partial charge in [-0.25, -0.2) is 9.79 Å². The summed E-state index contributed by atoms with van der Waals surface area (Å²) in [4.78, 5) is 33.4. The van der Waals surface area contributed by atoms with Gasteiger partial charge >= 0.3 is 5.97 Å². The van der Waals surface area contributed by atoms with Gasteiger partial charge in [0, 0.05) is 24.4 Å². The van der Waals surface area contributed by atoms with E-state index < -0.39 is 12.0 Å². The standard InChI is InChI=1S/C29H31N3O4S/c1-3-35-28(34)25-26(20-8-5-4-6-9-20)31-29-32(27(25)21-13-11-19(2)12-14-21)22(18-37-29)16-24(33)30-17-23-10-7-15-36-23/h4-6,8-9,11-14,18,23,27H,3,7,10,15-17H2,1-2H3,(H,30,33)/t23-,27-/m1/s1. The Bertz CT molecular complexity index is 1250. The summed E-state index contributed by atoms with van der Waals surface area (Å²) in [6.45, 7) is 5.35. The number of ether oxygens (including phenoxy) is 2. The molecule has 0 bridgehead atoms. The first kappa shape index (κ1) is 25.3. The lowest BCUT2D eigenvalue weighted by atomic mass is 9.91. The van der Waals surface area contributed by atoms with Gasteiger partial charge in [-0.15, -0.1) is 0 Å². The number of carbonyl (C=O) groups excluding carboxylic acids is 2. The lowest BCUT2D eigenvalue weighted by molar-refractivity contribution is -0.139. The van der Waals surface area contributed by atoms with Gasteiger partial charge in [-0.3, -0.25) is 4.79 Å². The normalized spacial score (nSPS) is 20.9. The van der Waals surface area contributed by atoms with Gasteiger partial charge in [0.05, 0.1) is 36.4 Å². The third kappa shape index (κ3) is 5.50. The van der Waals surface area contributed by atoms with E-state index in [0.29, 0.717) is 17.8 Å². The van der Waals surface area contributed by atoms with Crippen molar-refractivity contribution in [2.75, 3.05) is 19.8 Å². The van der Waals surface area contributed by atoms with E-state index in [1.807, 2.05) is 71.8 Å². The first-order valence-corrected chi connectivity index (χ1v) is 13.6. The van der Waals surface area contributed by atoms with E-state index in [4.69, 9.17) is 14.5 Å². The Labute approximate surface area is 221 Å². The molecule has 1 N–H and O–H groups in total. The molecule has 1 fully saturated rings. The molecule has 1 saturated heterocycles. The predicted octanol–water partition coefficient (Wildman–Crippen LogP) is 4.96. The van der Waals surface area contributed by atoms with E-state index in [1.165, 1.54) is 11.8 Å². The number of nitrogens with zero attached hydrogens (tertiary/aromatic N) is 2. The van der Waals surface area contributed by atoms with E-state index >= 15 is 0 Å². The summed E-state index contributed by atoms with van der Waals surface area (Å²) in [5.74, 6) is -0.490. The predicted molar refractivity (Wildman–Crippen MR) is 145 cm³/mol. The maximum atomic E-state index is 13.5. The quantitative estimate of drug-likeness (QED) is 0.499. The van der Waals surface area contributed by atoms with Crippen LogP contribution in [0.4, 0.5) is 0 Å². The van der Waals surface area contributed by atoms with E-state index in [9.17, 15) is 9.59 Å². The number of rotatable bonds is 8. The molecular weight excluding hydrogens is 486 g/mol. The average Bonchev–Trinajstić information content (AvgIpc) is 3.58. The molecule has 3 heterocycles. The van der Waals surface area contributed by atoms with Crippen LogP contribution in [0.25, 0.3) is 5.70 Å². The molecule has 7 nitrogen and oxygen atoms in total. The van der Waals surface area contributed by atoms with E-state index in [2.05, 4.69) is 5.32 Å². The zero-order valence-electron chi connectivity index (χ0n) is 21.1. The zero-order chi connectivity index (χ0) is 25.8. The van der Waals surface area contributed by atoms with Crippen LogP contribution in [-0.2, 0) is 19.1 Å². The molecule has 2 atom stereocenters. The monoisotopic (exact) mass is 517 g/mol. The molecular formula is C29H31N3O4S. The van der Waals surface area contributed by atoms with Crippen molar-refractivity contribution in [2.45, 2.75) is 45.3 Å². The highest BCUT2D eigenvalue weighted by Gasteiger charge is 2.42. The highest BCUT2D eigenvalue weighted by atomic mass is 32.2. The molecule has 5 rings (SSSR count). The Morgan fingerprint density at radius 2 is 1.95 bits per heavy atom. The van der Waals surface area contributed by atoms with Crippen LogP contribution in [0, 0.1) is 6.92 Å². The minimum Gasteiger partial charge on any atom is -0.463 e. The van der Waals surface area contributed by atoms with Crippen molar-refractivity contribution in [3.63, 3.8) is 0 Å². The number of amides is 1. The molecule has 192 valence electrons. The summed E-state index contributed by atoms with van der Waals surface area (Å²) in [6, 6.07) is 17.4. The molecule has 0 radical (unpaired) electrons. The van der Waals surface area contributed by atoms with E-state index in [-0.39, 0.29) is 25.0 Å². The minimum atomic E-state index is -0.477. The van der Waals surface area contributed by atoms with Gasteiger partial charge in [-0.05, 0) is 37.7 Å². The van der Waals surface area contributed by atoms with Crippen LogP contribution in [-0.4, -0.2) is 47.8 Å². The second-order valence-corrected chi connectivity index (χ2v) is 10.1. The van der Waals surface area contributed by atoms with Crippen molar-refractivity contribution in [1.29, 1.82) is 0 Å². The second-order valence-electron chi connectivity index (χ2n) is 9.27. The van der Waals surface area contributed by atoms with Crippen LogP contribution in [0.1, 0.15) is 48.9 Å². The Kier molecular flexibility index (Phi) is 7.76. The summed E-state index contributed by atoms with van der Waals surface area (Å²) in [5, 5.41) is 5.71. The van der Waals surface area contributed by atoms with Crippen LogP contribution in [0.3, 0.4) is 0 Å². The molecule has 2 aromatic carbocycles. The van der Waals surface area contributed by atoms with Crippen molar-refractivity contribution >= 4 is 34.5 Å². The first-order chi connectivity index (χ1) is 18.0. The van der Waals surface area contributed by atoms with E-state index in [1.54, 1.807) is 6.92 Å².